The van der Waals surface area contributed by atoms with Gasteiger partial charge in [-0.15, -0.1) is 11.3 Å². The number of ether oxygens (including phenoxy) is 1. The van der Waals surface area contributed by atoms with Crippen LogP contribution in [0.2, 0.25) is 0 Å². The summed E-state index contributed by atoms with van der Waals surface area (Å²) in [7, 11) is 0. The second-order valence-corrected chi connectivity index (χ2v) is 5.22. The zero-order valence-electron chi connectivity index (χ0n) is 7.25. The Morgan fingerprint density at radius 1 is 1.46 bits per heavy atom. The van der Waals surface area contributed by atoms with E-state index < -0.39 is 0 Å². The molecule has 1 aromatic heterocycles. The Hall–Kier alpha value is 0.1000. The van der Waals surface area contributed by atoms with Crippen molar-refractivity contribution in [2.75, 3.05) is 13.2 Å². The number of nitrogens with two attached hydrogens (primary N) is 1. The van der Waals surface area contributed by atoms with Crippen LogP contribution in [0, 0.1) is 0 Å². The van der Waals surface area contributed by atoms with Crippen molar-refractivity contribution in [3.05, 3.63) is 20.8 Å². The number of thiophene rings is 1. The summed E-state index contributed by atoms with van der Waals surface area (Å²) in [6.45, 7) is 1.57. The molecule has 2 rings (SSSR count). The summed E-state index contributed by atoms with van der Waals surface area (Å²) in [6.07, 6.45) is 1.86. The molecule has 72 valence electrons. The minimum atomic E-state index is -0.144. The maximum Gasteiger partial charge on any atom is 0.0548 e. The fraction of sp³-hybridized carbons (Fsp3) is 0.556. The zero-order valence-corrected chi connectivity index (χ0v) is 9.66. The van der Waals surface area contributed by atoms with E-state index in [-0.39, 0.29) is 5.54 Å². The van der Waals surface area contributed by atoms with Gasteiger partial charge < -0.3 is 10.5 Å². The normalized spacial score (nSPS) is 21.7. The van der Waals surface area contributed by atoms with Gasteiger partial charge in [-0.2, -0.15) is 0 Å². The topological polar surface area (TPSA) is 35.2 Å². The highest BCUT2D eigenvalue weighted by atomic mass is 79.9. The Balaban J connectivity index is 2.22. The summed E-state index contributed by atoms with van der Waals surface area (Å²) in [5, 5.41) is 2.08. The van der Waals surface area contributed by atoms with Crippen molar-refractivity contribution in [1.29, 1.82) is 0 Å². The van der Waals surface area contributed by atoms with Crippen LogP contribution in [0.3, 0.4) is 0 Å². The molecule has 2 heterocycles. The van der Waals surface area contributed by atoms with Crippen LogP contribution in [-0.2, 0) is 10.3 Å². The Morgan fingerprint density at radius 2 is 2.15 bits per heavy atom. The second kappa shape index (κ2) is 3.69. The highest BCUT2D eigenvalue weighted by Gasteiger charge is 2.31. The molecule has 2 nitrogen and oxygen atoms in total. The lowest BCUT2D eigenvalue weighted by Gasteiger charge is -2.32. The summed E-state index contributed by atoms with van der Waals surface area (Å²) in [6, 6.07) is 2.12. The van der Waals surface area contributed by atoms with Crippen molar-refractivity contribution in [2.24, 2.45) is 5.73 Å². The lowest BCUT2D eigenvalue weighted by atomic mass is 9.90. The second-order valence-electron chi connectivity index (χ2n) is 3.40. The van der Waals surface area contributed by atoms with Crippen LogP contribution in [0.25, 0.3) is 0 Å². The molecule has 0 saturated carbocycles. The van der Waals surface area contributed by atoms with E-state index in [2.05, 4.69) is 27.4 Å². The van der Waals surface area contributed by atoms with Gasteiger partial charge in [-0.25, -0.2) is 0 Å². The molecule has 0 aliphatic carbocycles. The van der Waals surface area contributed by atoms with Crippen LogP contribution in [0.1, 0.15) is 17.7 Å². The Kier molecular flexibility index (Phi) is 2.74. The van der Waals surface area contributed by atoms with Gasteiger partial charge in [-0.05, 0) is 34.8 Å². The molecule has 1 aromatic rings. The SMILES string of the molecule is NC1(c2cc(Br)cs2)CCOCC1. The average Bonchev–Trinajstić information content (AvgIpc) is 2.54. The molecule has 2 N–H and O–H groups in total. The van der Waals surface area contributed by atoms with Crippen molar-refractivity contribution in [3.8, 4) is 0 Å². The van der Waals surface area contributed by atoms with E-state index in [1.807, 2.05) is 0 Å². The van der Waals surface area contributed by atoms with Gasteiger partial charge in [0.1, 0.15) is 0 Å². The Bertz CT molecular complexity index is 294. The fourth-order valence-electron chi connectivity index (χ4n) is 1.56. The number of rotatable bonds is 1. The first-order valence-electron chi connectivity index (χ1n) is 4.32. The van der Waals surface area contributed by atoms with Crippen LogP contribution in [0.4, 0.5) is 0 Å². The van der Waals surface area contributed by atoms with E-state index in [1.54, 1.807) is 11.3 Å². The number of halogens is 1. The third-order valence-corrected chi connectivity index (χ3v) is 4.35. The maximum atomic E-state index is 6.30. The third-order valence-electron chi connectivity index (χ3n) is 2.44. The van der Waals surface area contributed by atoms with Gasteiger partial charge in [0.25, 0.3) is 0 Å². The van der Waals surface area contributed by atoms with E-state index in [0.29, 0.717) is 0 Å². The predicted octanol–water partition coefficient (Wildman–Crippen LogP) is 2.48. The summed E-state index contributed by atoms with van der Waals surface area (Å²) in [5.74, 6) is 0. The van der Waals surface area contributed by atoms with Crippen LogP contribution in [0.5, 0.6) is 0 Å². The lowest BCUT2D eigenvalue weighted by Crippen LogP contribution is -2.41. The van der Waals surface area contributed by atoms with Gasteiger partial charge in [0, 0.05) is 27.9 Å². The molecule has 0 amide bonds. The van der Waals surface area contributed by atoms with Crippen molar-refractivity contribution in [1.82, 2.24) is 0 Å². The van der Waals surface area contributed by atoms with Crippen LogP contribution < -0.4 is 5.73 Å². The van der Waals surface area contributed by atoms with E-state index in [9.17, 15) is 0 Å². The smallest absolute Gasteiger partial charge is 0.0548 e. The molecule has 0 aromatic carbocycles. The van der Waals surface area contributed by atoms with Crippen LogP contribution >= 0.6 is 27.3 Å². The lowest BCUT2D eigenvalue weighted by molar-refractivity contribution is 0.0534. The zero-order chi connectivity index (χ0) is 9.31. The summed E-state index contributed by atoms with van der Waals surface area (Å²) in [4.78, 5) is 1.27. The molecule has 1 fully saturated rings. The molecule has 0 atom stereocenters. The molecule has 0 bridgehead atoms. The fourth-order valence-corrected chi connectivity index (χ4v) is 3.16. The minimum Gasteiger partial charge on any atom is -0.381 e. The molecule has 1 aliphatic rings. The number of hydrogen-bond donors (Lipinski definition) is 1. The quantitative estimate of drug-likeness (QED) is 0.843. The van der Waals surface area contributed by atoms with E-state index in [4.69, 9.17) is 10.5 Å². The largest absolute Gasteiger partial charge is 0.381 e. The van der Waals surface area contributed by atoms with Crippen molar-refractivity contribution in [3.63, 3.8) is 0 Å². The third kappa shape index (κ3) is 1.96. The highest BCUT2D eigenvalue weighted by molar-refractivity contribution is 9.10. The first kappa shape index (κ1) is 9.65. The Labute approximate surface area is 90.2 Å². The first-order valence-corrected chi connectivity index (χ1v) is 5.99. The van der Waals surface area contributed by atoms with Crippen LogP contribution in [-0.4, -0.2) is 13.2 Å². The van der Waals surface area contributed by atoms with Gasteiger partial charge >= 0.3 is 0 Å². The predicted molar refractivity (Wildman–Crippen MR) is 57.9 cm³/mol. The van der Waals surface area contributed by atoms with E-state index in [1.165, 1.54) is 4.88 Å². The molecule has 1 aliphatic heterocycles. The average molecular weight is 262 g/mol. The maximum absolute atomic E-state index is 6.30. The summed E-state index contributed by atoms with van der Waals surface area (Å²) < 4.78 is 6.43. The van der Waals surface area contributed by atoms with Crippen molar-refractivity contribution < 1.29 is 4.74 Å². The summed E-state index contributed by atoms with van der Waals surface area (Å²) in [5.41, 5.74) is 6.16. The van der Waals surface area contributed by atoms with E-state index in [0.717, 1.165) is 30.5 Å². The molecule has 0 spiro atoms. The molecular formula is C9H12BrNOS. The van der Waals surface area contributed by atoms with Gasteiger partial charge in [0.05, 0.1) is 5.54 Å². The molecule has 0 radical (unpaired) electrons. The summed E-state index contributed by atoms with van der Waals surface area (Å²) >= 11 is 5.17. The molecule has 0 unspecified atom stereocenters. The van der Waals surface area contributed by atoms with Gasteiger partial charge in [0.15, 0.2) is 0 Å². The monoisotopic (exact) mass is 261 g/mol. The molecule has 4 heteroatoms. The Morgan fingerprint density at radius 3 is 2.69 bits per heavy atom. The van der Waals surface area contributed by atoms with Crippen molar-refractivity contribution >= 4 is 27.3 Å². The molecule has 1 saturated heterocycles. The highest BCUT2D eigenvalue weighted by Crippen LogP contribution is 2.34. The number of hydrogen-bond acceptors (Lipinski definition) is 3. The standard InChI is InChI=1S/C9H12BrNOS/c10-7-5-8(13-6-7)9(11)1-3-12-4-2-9/h5-6H,1-4,11H2. The van der Waals surface area contributed by atoms with Gasteiger partial charge in [-0.1, -0.05) is 0 Å². The van der Waals surface area contributed by atoms with E-state index >= 15 is 0 Å². The molecular weight excluding hydrogens is 250 g/mol. The van der Waals surface area contributed by atoms with Crippen molar-refractivity contribution in [2.45, 2.75) is 18.4 Å². The first-order chi connectivity index (χ1) is 6.21. The molecule has 13 heavy (non-hydrogen) atoms. The van der Waals surface area contributed by atoms with Gasteiger partial charge in [0.2, 0.25) is 0 Å². The minimum absolute atomic E-state index is 0.144. The van der Waals surface area contributed by atoms with Gasteiger partial charge in [-0.3, -0.25) is 0 Å². The van der Waals surface area contributed by atoms with Crippen LogP contribution in [0.15, 0.2) is 15.9 Å².